The average molecular weight is 736 g/mol. The van der Waals surface area contributed by atoms with Crippen LogP contribution in [0.3, 0.4) is 0 Å². The summed E-state index contributed by atoms with van der Waals surface area (Å²) >= 11 is 0.939. The Morgan fingerprint density at radius 2 is 1.61 bits per heavy atom. The van der Waals surface area contributed by atoms with Crippen LogP contribution in [0.5, 0.6) is 5.75 Å². The van der Waals surface area contributed by atoms with E-state index in [0.29, 0.717) is 5.75 Å². The van der Waals surface area contributed by atoms with Crippen LogP contribution in [-0.4, -0.2) is 91.9 Å². The Morgan fingerprint density at radius 3 is 2.22 bits per heavy atom. The van der Waals surface area contributed by atoms with Gasteiger partial charge in [0.2, 0.25) is 11.2 Å². The van der Waals surface area contributed by atoms with Crippen molar-refractivity contribution in [2.45, 2.75) is 97.9 Å². The highest BCUT2D eigenvalue weighted by Crippen LogP contribution is 2.21. The number of benzene rings is 1. The molecule has 2 aromatic heterocycles. The van der Waals surface area contributed by atoms with Crippen LogP contribution in [0.15, 0.2) is 34.9 Å². The molecule has 3 rings (SSSR count). The number of aromatic nitrogens is 3. The number of oxime groups is 1. The van der Waals surface area contributed by atoms with Crippen LogP contribution in [0.25, 0.3) is 10.9 Å². The Labute approximate surface area is 299 Å². The number of aliphatic carboxylic acids is 1. The van der Waals surface area contributed by atoms with Gasteiger partial charge < -0.3 is 39.3 Å². The zero-order valence-electron chi connectivity index (χ0n) is 30.4. The van der Waals surface area contributed by atoms with Gasteiger partial charge in [-0.1, -0.05) is 5.16 Å². The van der Waals surface area contributed by atoms with Crippen LogP contribution in [0, 0.1) is 0 Å². The lowest BCUT2D eigenvalue weighted by molar-refractivity contribution is -0.731. The number of nitrogens with one attached hydrogen (secondary N) is 2. The van der Waals surface area contributed by atoms with Gasteiger partial charge in [-0.25, -0.2) is 24.2 Å². The molecule has 0 fully saturated rings. The van der Waals surface area contributed by atoms with Gasteiger partial charge in [-0.3, -0.25) is 5.32 Å². The number of carboxylic acid groups (broad SMARTS) is 1. The molecule has 2 heterocycles. The minimum Gasteiger partial charge on any atom is -0.489 e. The molecule has 51 heavy (non-hydrogen) atoms. The fourth-order valence-electron chi connectivity index (χ4n) is 4.20. The number of carbonyl (C=O) groups is 4. The van der Waals surface area contributed by atoms with Crippen LogP contribution in [0.2, 0.25) is 0 Å². The lowest BCUT2D eigenvalue weighted by atomic mass is 10.2. The number of anilines is 1. The first-order valence-electron chi connectivity index (χ1n) is 15.9. The lowest BCUT2D eigenvalue weighted by Gasteiger charge is -2.23. The summed E-state index contributed by atoms with van der Waals surface area (Å²) in [6.45, 7) is 15.0. The second kappa shape index (κ2) is 16.4. The van der Waals surface area contributed by atoms with Crippen LogP contribution >= 0.6 is 11.3 Å². The van der Waals surface area contributed by atoms with E-state index in [1.807, 2.05) is 4.68 Å². The molecule has 17 nitrogen and oxygen atoms in total. The third kappa shape index (κ3) is 13.3. The first kappa shape index (κ1) is 40.5. The fourth-order valence-corrected chi connectivity index (χ4v) is 4.88. The van der Waals surface area contributed by atoms with Gasteiger partial charge >= 0.3 is 24.1 Å². The van der Waals surface area contributed by atoms with Crippen molar-refractivity contribution in [3.8, 4) is 5.75 Å². The van der Waals surface area contributed by atoms with Gasteiger partial charge in [0.15, 0.2) is 12.2 Å². The van der Waals surface area contributed by atoms with E-state index in [4.69, 9.17) is 23.8 Å². The van der Waals surface area contributed by atoms with Crippen LogP contribution in [0.1, 0.15) is 68.0 Å². The number of amides is 2. The zero-order valence-corrected chi connectivity index (χ0v) is 31.2. The van der Waals surface area contributed by atoms with E-state index in [1.165, 1.54) is 5.38 Å². The van der Waals surface area contributed by atoms with Crippen molar-refractivity contribution in [3.05, 3.63) is 35.5 Å². The Kier molecular flexibility index (Phi) is 13.0. The number of aliphatic hydroxyl groups is 1. The summed E-state index contributed by atoms with van der Waals surface area (Å²) in [5, 5.41) is 31.2. The van der Waals surface area contributed by atoms with Gasteiger partial charge in [0, 0.05) is 18.0 Å². The Bertz CT molecular complexity index is 1750. The maximum Gasteiger partial charge on any atom is 0.413 e. The normalized spacial score (nSPS) is 13.6. The van der Waals surface area contributed by atoms with Gasteiger partial charge in [0.25, 0.3) is 6.10 Å². The minimum atomic E-state index is -1.50. The highest BCUT2D eigenvalue weighted by molar-refractivity contribution is 7.14. The number of esters is 1. The molecule has 0 radical (unpaired) electrons. The molecule has 0 bridgehead atoms. The van der Waals surface area contributed by atoms with Crippen molar-refractivity contribution in [1.82, 2.24) is 15.0 Å². The lowest BCUT2D eigenvalue weighted by Crippen LogP contribution is -2.44. The van der Waals surface area contributed by atoms with Crippen molar-refractivity contribution in [2.75, 3.05) is 18.5 Å². The molecule has 0 aliphatic rings. The van der Waals surface area contributed by atoms with E-state index in [0.717, 1.165) is 22.2 Å². The van der Waals surface area contributed by atoms with Gasteiger partial charge in [-0.15, -0.1) is 16.0 Å². The summed E-state index contributed by atoms with van der Waals surface area (Å²) in [7, 11) is 1.81. The zero-order chi connectivity index (χ0) is 38.3. The maximum absolute atomic E-state index is 13.1. The van der Waals surface area contributed by atoms with Crippen molar-refractivity contribution < 1.29 is 57.9 Å². The molecule has 0 aliphatic carbocycles. The van der Waals surface area contributed by atoms with Crippen molar-refractivity contribution >= 4 is 57.2 Å². The highest BCUT2D eigenvalue weighted by atomic mass is 32.1. The quantitative estimate of drug-likeness (QED) is 0.0650. The van der Waals surface area contributed by atoms with E-state index in [2.05, 4.69) is 20.8 Å². The number of hydrogen-bond donors (Lipinski definition) is 4. The molecule has 0 saturated carbocycles. The molecule has 0 saturated heterocycles. The molecule has 2 amide bonds. The predicted octanol–water partition coefficient (Wildman–Crippen LogP) is 3.75. The summed E-state index contributed by atoms with van der Waals surface area (Å²) in [5.74, 6) is -2.00. The second-order valence-corrected chi connectivity index (χ2v) is 15.2. The summed E-state index contributed by atoms with van der Waals surface area (Å²) in [6, 6.07) is 5.16. The maximum atomic E-state index is 13.1. The van der Waals surface area contributed by atoms with Gasteiger partial charge in [0.05, 0.1) is 17.7 Å². The topological polar surface area (TPSA) is 213 Å². The summed E-state index contributed by atoms with van der Waals surface area (Å²) < 4.78 is 25.3. The predicted molar refractivity (Wildman–Crippen MR) is 186 cm³/mol. The average Bonchev–Trinajstić information content (AvgIpc) is 3.53. The third-order valence-corrected chi connectivity index (χ3v) is 6.96. The standard InChI is InChI=1S/C33H46N6O11S/c1-31(2,3)47-27(43)24(50-37-25(26(41)42)22-18-51-28(35-22)36-30(45)49-33(7,8)9)17-46-21-11-12-23-19(13-21)15-39(38(23)10)16-20(40)14-34-29(44)48-32(4,5)6/h11-13,15,18,20,24,40H,14,16-17H2,1-10H3,(H2-,34,35,36,41,42,44,45)/p+1/b37-25-/t20-,24+/m1/s1. The summed E-state index contributed by atoms with van der Waals surface area (Å²) in [5.41, 5.74) is -2.28. The molecule has 0 spiro atoms. The number of nitrogens with zero attached hydrogens (tertiary/aromatic N) is 4. The number of thiazole rings is 1. The van der Waals surface area contributed by atoms with Gasteiger partial charge in [-0.05, 0) is 74.4 Å². The molecule has 3 aromatic rings. The van der Waals surface area contributed by atoms with E-state index in [1.54, 1.807) is 98.4 Å². The first-order chi connectivity index (χ1) is 23.5. The summed E-state index contributed by atoms with van der Waals surface area (Å²) in [4.78, 5) is 58.7. The Hall–Kier alpha value is -4.97. The fraction of sp³-hybridized carbons (Fsp3) is 0.545. The minimum absolute atomic E-state index is 0.0253. The molecule has 4 N–H and O–H groups in total. The van der Waals surface area contributed by atoms with Crippen LogP contribution in [0.4, 0.5) is 14.7 Å². The summed E-state index contributed by atoms with van der Waals surface area (Å²) in [6.07, 6.45) is -2.02. The number of fused-ring (bicyclic) bond motifs is 1. The van der Waals surface area contributed by atoms with Crippen LogP contribution in [-0.2, 0) is 42.2 Å². The largest absolute Gasteiger partial charge is 0.489 e. The molecule has 280 valence electrons. The SMILES string of the molecule is C[n+]1c2ccc(OC[C@H](O/N=C(\C(=O)O)c3csc(NC(=O)OC(C)(C)C)n3)C(=O)OC(C)(C)C)cc2cn1C[C@H](O)CNC(=O)OC(C)(C)C. The van der Waals surface area contributed by atoms with E-state index >= 15 is 0 Å². The van der Waals surface area contributed by atoms with E-state index < -0.39 is 65.5 Å². The first-order valence-corrected chi connectivity index (χ1v) is 16.8. The van der Waals surface area contributed by atoms with Crippen LogP contribution < -0.4 is 20.1 Å². The number of carbonyl (C=O) groups excluding carboxylic acids is 3. The molecule has 18 heteroatoms. The molecule has 0 unspecified atom stereocenters. The monoisotopic (exact) mass is 735 g/mol. The molecule has 0 aliphatic heterocycles. The Morgan fingerprint density at radius 1 is 0.980 bits per heavy atom. The van der Waals surface area contributed by atoms with E-state index in [-0.39, 0.29) is 23.9 Å². The van der Waals surface area contributed by atoms with Gasteiger partial charge in [-0.2, -0.15) is 4.68 Å². The number of ether oxygens (including phenoxy) is 4. The molecular formula is C33H47N6O11S+. The second-order valence-electron chi connectivity index (χ2n) is 14.4. The number of carboxylic acids is 1. The number of aryl methyl sites for hydroxylation is 1. The molecular weight excluding hydrogens is 688 g/mol. The molecule has 2 atom stereocenters. The highest BCUT2D eigenvalue weighted by Gasteiger charge is 2.30. The number of rotatable bonds is 13. The number of hydrogen-bond acceptors (Lipinski definition) is 13. The van der Waals surface area contributed by atoms with Gasteiger partial charge in [0.1, 0.15) is 41.4 Å². The van der Waals surface area contributed by atoms with Crippen molar-refractivity contribution in [2.24, 2.45) is 12.2 Å². The van der Waals surface area contributed by atoms with E-state index in [9.17, 15) is 29.4 Å². The number of aliphatic hydroxyl groups excluding tert-OH is 1. The van der Waals surface area contributed by atoms with Crippen molar-refractivity contribution in [1.29, 1.82) is 0 Å². The molecule has 1 aromatic carbocycles. The third-order valence-electron chi connectivity index (χ3n) is 6.20. The smallest absolute Gasteiger partial charge is 0.413 e. The number of alkyl carbamates (subject to hydrolysis) is 1. The van der Waals surface area contributed by atoms with Crippen molar-refractivity contribution in [3.63, 3.8) is 0 Å². The Balaban J connectivity index is 1.74.